The molecule has 1 saturated carbocycles. The molecule has 21 heavy (non-hydrogen) atoms. The Bertz CT molecular complexity index is 391. The summed E-state index contributed by atoms with van der Waals surface area (Å²) in [6.45, 7) is 8.36. The Morgan fingerprint density at radius 1 is 1.10 bits per heavy atom. The fourth-order valence-corrected chi connectivity index (χ4v) is 3.95. The summed E-state index contributed by atoms with van der Waals surface area (Å²) in [6.07, 6.45) is 1.62. The monoisotopic (exact) mass is 300 g/mol. The van der Waals surface area contributed by atoms with Gasteiger partial charge in [-0.25, -0.2) is 8.78 Å². The molecule has 3 aliphatic rings. The maximum atomic E-state index is 12.9. The second-order valence-corrected chi connectivity index (χ2v) is 7.43. The van der Waals surface area contributed by atoms with E-state index in [1.165, 1.54) is 13.1 Å². The van der Waals surface area contributed by atoms with Crippen molar-refractivity contribution in [2.24, 2.45) is 17.8 Å². The summed E-state index contributed by atoms with van der Waals surface area (Å²) in [5.41, 5.74) is 0. The van der Waals surface area contributed by atoms with E-state index in [0.29, 0.717) is 12.0 Å². The van der Waals surface area contributed by atoms with Crippen molar-refractivity contribution in [1.29, 1.82) is 0 Å². The summed E-state index contributed by atoms with van der Waals surface area (Å²) >= 11 is 0. The molecule has 0 radical (unpaired) electrons. The van der Waals surface area contributed by atoms with E-state index in [0.717, 1.165) is 31.8 Å². The molecule has 3 fully saturated rings. The highest BCUT2D eigenvalue weighted by Crippen LogP contribution is 2.43. The van der Waals surface area contributed by atoms with Crippen LogP contribution in [0.15, 0.2) is 0 Å². The third-order valence-corrected chi connectivity index (χ3v) is 5.63. The number of nitrogens with zero attached hydrogens (tertiary/aromatic N) is 2. The third kappa shape index (κ3) is 3.08. The van der Waals surface area contributed by atoms with Gasteiger partial charge in [0.25, 0.3) is 0 Å². The van der Waals surface area contributed by atoms with Crippen LogP contribution in [0.2, 0.25) is 0 Å². The number of halogens is 2. The van der Waals surface area contributed by atoms with Crippen LogP contribution in [0, 0.1) is 17.8 Å². The highest BCUT2D eigenvalue weighted by Gasteiger charge is 2.50. The molecule has 0 aromatic rings. The second-order valence-electron chi connectivity index (χ2n) is 7.43. The number of piperidine rings is 1. The van der Waals surface area contributed by atoms with Gasteiger partial charge in [0, 0.05) is 51.0 Å². The number of rotatable bonds is 3. The topological polar surface area (TPSA) is 23.6 Å². The number of carbonyl (C=O) groups is 1. The lowest BCUT2D eigenvalue weighted by Crippen LogP contribution is -2.55. The molecule has 0 bridgehead atoms. The molecule has 0 atom stereocenters. The Morgan fingerprint density at radius 2 is 1.67 bits per heavy atom. The Hall–Kier alpha value is -0.710. The van der Waals surface area contributed by atoms with E-state index < -0.39 is 11.8 Å². The van der Waals surface area contributed by atoms with Gasteiger partial charge in [0.1, 0.15) is 0 Å². The van der Waals surface area contributed by atoms with Crippen LogP contribution in [0.3, 0.4) is 0 Å². The molecule has 3 nitrogen and oxygen atoms in total. The predicted octanol–water partition coefficient (Wildman–Crippen LogP) is 2.61. The van der Waals surface area contributed by atoms with Crippen LogP contribution in [0.1, 0.15) is 39.5 Å². The average Bonchev–Trinajstić information content (AvgIpc) is 2.33. The minimum Gasteiger partial charge on any atom is -0.342 e. The van der Waals surface area contributed by atoms with Gasteiger partial charge < -0.3 is 9.80 Å². The van der Waals surface area contributed by atoms with Crippen LogP contribution >= 0.6 is 0 Å². The second kappa shape index (κ2) is 5.49. The largest absolute Gasteiger partial charge is 0.342 e. The van der Waals surface area contributed by atoms with Crippen molar-refractivity contribution < 1.29 is 13.6 Å². The number of likely N-dealkylation sites (tertiary alicyclic amines) is 2. The first-order valence-corrected chi connectivity index (χ1v) is 8.26. The van der Waals surface area contributed by atoms with E-state index >= 15 is 0 Å². The molecule has 0 unspecified atom stereocenters. The van der Waals surface area contributed by atoms with E-state index in [2.05, 4.69) is 18.7 Å². The standard InChI is InChI=1S/C16H26F2N2O/c1-11(2)20-9-14(10-20)12-3-5-19(6-4-12)15(21)13-7-16(17,18)8-13/h11-14H,3-10H2,1-2H3. The molecule has 2 heterocycles. The molecule has 0 aromatic heterocycles. The van der Waals surface area contributed by atoms with Gasteiger partial charge in [-0.15, -0.1) is 0 Å². The van der Waals surface area contributed by atoms with E-state index in [1.807, 2.05) is 4.90 Å². The van der Waals surface area contributed by atoms with Gasteiger partial charge in [-0.2, -0.15) is 0 Å². The number of hydrogen-bond donors (Lipinski definition) is 0. The quantitative estimate of drug-likeness (QED) is 0.800. The van der Waals surface area contributed by atoms with Crippen LogP contribution in [0.5, 0.6) is 0 Å². The van der Waals surface area contributed by atoms with E-state index in [9.17, 15) is 13.6 Å². The van der Waals surface area contributed by atoms with Gasteiger partial charge in [0.15, 0.2) is 0 Å². The molecular formula is C16H26F2N2O. The molecule has 0 spiro atoms. The number of amides is 1. The minimum absolute atomic E-state index is 0.0307. The maximum absolute atomic E-state index is 12.9. The van der Waals surface area contributed by atoms with Crippen molar-refractivity contribution in [2.45, 2.75) is 51.5 Å². The SMILES string of the molecule is CC(C)N1CC(C2CCN(C(=O)C3CC(F)(F)C3)CC2)C1. The van der Waals surface area contributed by atoms with Crippen molar-refractivity contribution >= 4 is 5.91 Å². The molecule has 5 heteroatoms. The number of alkyl halides is 2. The summed E-state index contributed by atoms with van der Waals surface area (Å²) in [5.74, 6) is -1.55. The molecule has 120 valence electrons. The smallest absolute Gasteiger partial charge is 0.249 e. The van der Waals surface area contributed by atoms with Crippen molar-refractivity contribution in [1.82, 2.24) is 9.80 Å². The zero-order valence-electron chi connectivity index (χ0n) is 13.0. The number of hydrogen-bond acceptors (Lipinski definition) is 2. The minimum atomic E-state index is -2.59. The van der Waals surface area contributed by atoms with Gasteiger partial charge >= 0.3 is 0 Å². The molecular weight excluding hydrogens is 274 g/mol. The summed E-state index contributed by atoms with van der Waals surface area (Å²) in [5, 5.41) is 0. The highest BCUT2D eigenvalue weighted by molar-refractivity contribution is 5.80. The van der Waals surface area contributed by atoms with Crippen LogP contribution in [0.25, 0.3) is 0 Å². The van der Waals surface area contributed by atoms with E-state index in [-0.39, 0.29) is 18.7 Å². The molecule has 1 aliphatic carbocycles. The maximum Gasteiger partial charge on any atom is 0.249 e. The average molecular weight is 300 g/mol. The van der Waals surface area contributed by atoms with Crippen molar-refractivity contribution in [2.75, 3.05) is 26.2 Å². The zero-order chi connectivity index (χ0) is 15.2. The lowest BCUT2D eigenvalue weighted by molar-refractivity contribution is -0.161. The fourth-order valence-electron chi connectivity index (χ4n) is 3.95. The third-order valence-electron chi connectivity index (χ3n) is 5.63. The van der Waals surface area contributed by atoms with E-state index in [1.54, 1.807) is 0 Å². The first kappa shape index (κ1) is 15.2. The molecule has 2 aliphatic heterocycles. The predicted molar refractivity (Wildman–Crippen MR) is 77.2 cm³/mol. The Labute approximate surface area is 125 Å². The Balaban J connectivity index is 1.41. The Kier molecular flexibility index (Phi) is 3.97. The van der Waals surface area contributed by atoms with Gasteiger partial charge in [0.05, 0.1) is 0 Å². The number of carbonyl (C=O) groups excluding carboxylic acids is 1. The lowest BCUT2D eigenvalue weighted by Gasteiger charge is -2.48. The molecule has 0 aromatic carbocycles. The van der Waals surface area contributed by atoms with Gasteiger partial charge in [-0.1, -0.05) is 0 Å². The zero-order valence-corrected chi connectivity index (χ0v) is 13.0. The van der Waals surface area contributed by atoms with Gasteiger partial charge in [-0.3, -0.25) is 4.79 Å². The molecule has 1 amide bonds. The summed E-state index contributed by atoms with van der Waals surface area (Å²) in [4.78, 5) is 16.5. The van der Waals surface area contributed by atoms with Crippen LogP contribution in [-0.4, -0.2) is 53.9 Å². The van der Waals surface area contributed by atoms with Crippen LogP contribution in [0.4, 0.5) is 8.78 Å². The normalized spacial score (nSPS) is 28.5. The lowest BCUT2D eigenvalue weighted by atomic mass is 9.77. The van der Waals surface area contributed by atoms with E-state index in [4.69, 9.17) is 0 Å². The Morgan fingerprint density at radius 3 is 2.14 bits per heavy atom. The summed E-state index contributed by atoms with van der Waals surface area (Å²) in [6, 6.07) is 0.628. The van der Waals surface area contributed by atoms with Gasteiger partial charge in [0.2, 0.25) is 11.8 Å². The molecule has 2 saturated heterocycles. The van der Waals surface area contributed by atoms with Crippen LogP contribution in [-0.2, 0) is 4.79 Å². The highest BCUT2D eigenvalue weighted by atomic mass is 19.3. The van der Waals surface area contributed by atoms with Crippen molar-refractivity contribution in [3.63, 3.8) is 0 Å². The molecule has 0 N–H and O–H groups in total. The molecule has 3 rings (SSSR count). The van der Waals surface area contributed by atoms with Crippen molar-refractivity contribution in [3.05, 3.63) is 0 Å². The summed E-state index contributed by atoms with van der Waals surface area (Å²) < 4.78 is 25.7. The van der Waals surface area contributed by atoms with Crippen LogP contribution < -0.4 is 0 Å². The first-order valence-electron chi connectivity index (χ1n) is 8.26. The van der Waals surface area contributed by atoms with Crippen molar-refractivity contribution in [3.8, 4) is 0 Å². The first-order chi connectivity index (χ1) is 9.85. The van der Waals surface area contributed by atoms with Gasteiger partial charge in [-0.05, 0) is 38.5 Å². The fraction of sp³-hybridized carbons (Fsp3) is 0.938. The summed E-state index contributed by atoms with van der Waals surface area (Å²) in [7, 11) is 0.